The maximum absolute atomic E-state index is 12.5. The van der Waals surface area contributed by atoms with Crippen molar-refractivity contribution < 1.29 is 14.3 Å². The number of methoxy groups -OCH3 is 1. The second-order valence-electron chi connectivity index (χ2n) is 8.62. The van der Waals surface area contributed by atoms with Gasteiger partial charge in [0.25, 0.3) is 5.91 Å². The SMILES string of the molecule is COC(=O)C(C)(C)NC(=O)c1ccc(-c2ccc(CCN3CCC[C@H]3C)cc2)cc1. The first-order valence-electron chi connectivity index (χ1n) is 10.6. The van der Waals surface area contributed by atoms with E-state index < -0.39 is 11.5 Å². The Balaban J connectivity index is 1.60. The van der Waals surface area contributed by atoms with Crippen molar-refractivity contribution in [2.75, 3.05) is 20.2 Å². The van der Waals surface area contributed by atoms with Gasteiger partial charge in [-0.05, 0) is 75.4 Å². The molecule has 2 aromatic rings. The third kappa shape index (κ3) is 5.28. The van der Waals surface area contributed by atoms with Crippen LogP contribution in [0.3, 0.4) is 0 Å². The third-order valence-corrected chi connectivity index (χ3v) is 5.93. The summed E-state index contributed by atoms with van der Waals surface area (Å²) in [5.41, 5.74) is 2.95. The summed E-state index contributed by atoms with van der Waals surface area (Å²) < 4.78 is 4.73. The maximum Gasteiger partial charge on any atom is 0.330 e. The summed E-state index contributed by atoms with van der Waals surface area (Å²) >= 11 is 0. The van der Waals surface area contributed by atoms with Gasteiger partial charge in [0, 0.05) is 18.2 Å². The highest BCUT2D eigenvalue weighted by Crippen LogP contribution is 2.22. The summed E-state index contributed by atoms with van der Waals surface area (Å²) in [5, 5.41) is 2.71. The third-order valence-electron chi connectivity index (χ3n) is 5.93. The van der Waals surface area contributed by atoms with E-state index in [0.717, 1.165) is 24.1 Å². The van der Waals surface area contributed by atoms with E-state index >= 15 is 0 Å². The second-order valence-corrected chi connectivity index (χ2v) is 8.62. The first-order valence-corrected chi connectivity index (χ1v) is 10.6. The molecule has 0 radical (unpaired) electrons. The highest BCUT2D eigenvalue weighted by molar-refractivity contribution is 5.98. The van der Waals surface area contributed by atoms with Gasteiger partial charge in [0.1, 0.15) is 5.54 Å². The van der Waals surface area contributed by atoms with Gasteiger partial charge in [-0.2, -0.15) is 0 Å². The van der Waals surface area contributed by atoms with E-state index in [1.54, 1.807) is 26.0 Å². The highest BCUT2D eigenvalue weighted by Gasteiger charge is 2.30. The lowest BCUT2D eigenvalue weighted by Crippen LogP contribution is -2.50. The number of esters is 1. The quantitative estimate of drug-likeness (QED) is 0.702. The van der Waals surface area contributed by atoms with E-state index in [4.69, 9.17) is 4.74 Å². The number of nitrogens with one attached hydrogen (secondary N) is 1. The van der Waals surface area contributed by atoms with Crippen LogP contribution in [0.1, 0.15) is 49.5 Å². The van der Waals surface area contributed by atoms with Gasteiger partial charge < -0.3 is 15.0 Å². The molecule has 1 aliphatic rings. The molecule has 0 unspecified atom stereocenters. The molecule has 0 saturated carbocycles. The largest absolute Gasteiger partial charge is 0.467 e. The Morgan fingerprint density at radius 2 is 1.67 bits per heavy atom. The minimum atomic E-state index is -1.08. The molecule has 0 bridgehead atoms. The summed E-state index contributed by atoms with van der Waals surface area (Å²) in [7, 11) is 1.31. The van der Waals surface area contributed by atoms with Crippen molar-refractivity contribution in [3.8, 4) is 11.1 Å². The minimum Gasteiger partial charge on any atom is -0.467 e. The van der Waals surface area contributed by atoms with E-state index in [9.17, 15) is 9.59 Å². The molecule has 1 atom stereocenters. The van der Waals surface area contributed by atoms with Crippen LogP contribution in [0.2, 0.25) is 0 Å². The molecule has 1 heterocycles. The standard InChI is InChI=1S/C25H32N2O3/c1-18-6-5-16-27(18)17-15-19-7-9-20(10-8-19)21-11-13-22(14-12-21)23(28)26-25(2,3)24(29)30-4/h7-14,18H,5-6,15-17H2,1-4H3,(H,26,28)/t18-/m1/s1. The Morgan fingerprint density at radius 3 is 2.20 bits per heavy atom. The first-order chi connectivity index (χ1) is 14.3. The predicted octanol–water partition coefficient (Wildman–Crippen LogP) is 4.06. The van der Waals surface area contributed by atoms with Gasteiger partial charge >= 0.3 is 5.97 Å². The number of hydrogen-bond donors (Lipinski definition) is 1. The summed E-state index contributed by atoms with van der Waals surface area (Å²) in [6.45, 7) is 7.90. The van der Waals surface area contributed by atoms with E-state index in [-0.39, 0.29) is 5.91 Å². The number of ether oxygens (including phenoxy) is 1. The number of carbonyl (C=O) groups is 2. The van der Waals surface area contributed by atoms with Crippen LogP contribution < -0.4 is 5.32 Å². The van der Waals surface area contributed by atoms with Gasteiger partial charge in [-0.3, -0.25) is 4.79 Å². The van der Waals surface area contributed by atoms with Crippen LogP contribution in [-0.4, -0.2) is 48.6 Å². The molecular weight excluding hydrogens is 376 g/mol. The summed E-state index contributed by atoms with van der Waals surface area (Å²) in [5.74, 6) is -0.782. The number of amides is 1. The van der Waals surface area contributed by atoms with Crippen molar-refractivity contribution in [3.05, 3.63) is 59.7 Å². The van der Waals surface area contributed by atoms with Gasteiger partial charge in [0.2, 0.25) is 0 Å². The molecular formula is C25H32N2O3. The lowest BCUT2D eigenvalue weighted by Gasteiger charge is -2.23. The molecule has 2 aromatic carbocycles. The van der Waals surface area contributed by atoms with Crippen molar-refractivity contribution in [1.82, 2.24) is 10.2 Å². The lowest BCUT2D eigenvalue weighted by atomic mass is 10.0. The first kappa shape index (κ1) is 22.0. The molecule has 1 amide bonds. The van der Waals surface area contributed by atoms with Crippen molar-refractivity contribution in [3.63, 3.8) is 0 Å². The van der Waals surface area contributed by atoms with Gasteiger partial charge in [-0.15, -0.1) is 0 Å². The fraction of sp³-hybridized carbons (Fsp3) is 0.440. The maximum atomic E-state index is 12.5. The van der Waals surface area contributed by atoms with E-state index in [1.165, 1.54) is 32.1 Å². The molecule has 30 heavy (non-hydrogen) atoms. The smallest absolute Gasteiger partial charge is 0.330 e. The van der Waals surface area contributed by atoms with Crippen LogP contribution in [-0.2, 0) is 16.0 Å². The van der Waals surface area contributed by atoms with Crippen molar-refractivity contribution >= 4 is 11.9 Å². The van der Waals surface area contributed by atoms with Crippen LogP contribution in [0.15, 0.2) is 48.5 Å². The molecule has 5 heteroatoms. The molecule has 1 aliphatic heterocycles. The van der Waals surface area contributed by atoms with Gasteiger partial charge in [0.05, 0.1) is 7.11 Å². The number of carbonyl (C=O) groups excluding carboxylic acids is 2. The molecule has 5 nitrogen and oxygen atoms in total. The Hall–Kier alpha value is -2.66. The minimum absolute atomic E-state index is 0.302. The summed E-state index contributed by atoms with van der Waals surface area (Å²) in [4.78, 5) is 26.8. The number of benzene rings is 2. The second kappa shape index (κ2) is 9.43. The zero-order valence-corrected chi connectivity index (χ0v) is 18.4. The predicted molar refractivity (Wildman–Crippen MR) is 119 cm³/mol. The number of rotatable bonds is 7. The van der Waals surface area contributed by atoms with Crippen molar-refractivity contribution in [2.24, 2.45) is 0 Å². The molecule has 0 aromatic heterocycles. The van der Waals surface area contributed by atoms with Gasteiger partial charge in [-0.25, -0.2) is 4.79 Å². The van der Waals surface area contributed by atoms with E-state index in [1.807, 2.05) is 12.1 Å². The van der Waals surface area contributed by atoms with E-state index in [0.29, 0.717) is 11.6 Å². The normalized spacial score (nSPS) is 17.0. The fourth-order valence-electron chi connectivity index (χ4n) is 3.94. The van der Waals surface area contributed by atoms with Crippen LogP contribution in [0.5, 0.6) is 0 Å². The number of nitrogens with zero attached hydrogens (tertiary/aromatic N) is 1. The fourth-order valence-corrected chi connectivity index (χ4v) is 3.94. The molecule has 160 valence electrons. The van der Waals surface area contributed by atoms with Crippen LogP contribution in [0.4, 0.5) is 0 Å². The molecule has 3 rings (SSSR count). The molecule has 1 fully saturated rings. The Morgan fingerprint density at radius 1 is 1.07 bits per heavy atom. The average molecular weight is 409 g/mol. The van der Waals surface area contributed by atoms with Crippen LogP contribution in [0.25, 0.3) is 11.1 Å². The van der Waals surface area contributed by atoms with E-state index in [2.05, 4.69) is 41.4 Å². The Bertz CT molecular complexity index is 872. The molecule has 0 spiro atoms. The van der Waals surface area contributed by atoms with Crippen molar-refractivity contribution in [2.45, 2.75) is 51.6 Å². The van der Waals surface area contributed by atoms with Gasteiger partial charge in [-0.1, -0.05) is 36.4 Å². The lowest BCUT2D eigenvalue weighted by molar-refractivity contribution is -0.146. The summed E-state index contributed by atoms with van der Waals surface area (Å²) in [6, 6.07) is 16.8. The zero-order valence-electron chi connectivity index (χ0n) is 18.4. The monoisotopic (exact) mass is 408 g/mol. The zero-order chi connectivity index (χ0) is 21.7. The van der Waals surface area contributed by atoms with Gasteiger partial charge in [0.15, 0.2) is 0 Å². The average Bonchev–Trinajstić information content (AvgIpc) is 3.16. The summed E-state index contributed by atoms with van der Waals surface area (Å²) in [6.07, 6.45) is 3.70. The van der Waals surface area contributed by atoms with Crippen LogP contribution in [0, 0.1) is 0 Å². The molecule has 1 N–H and O–H groups in total. The van der Waals surface area contributed by atoms with Crippen molar-refractivity contribution in [1.29, 1.82) is 0 Å². The molecule has 0 aliphatic carbocycles. The topological polar surface area (TPSA) is 58.6 Å². The highest BCUT2D eigenvalue weighted by atomic mass is 16.5. The molecule has 1 saturated heterocycles. The number of hydrogen-bond acceptors (Lipinski definition) is 4. The number of likely N-dealkylation sites (tertiary alicyclic amines) is 1. The Labute approximate surface area is 179 Å². The van der Waals surface area contributed by atoms with Crippen LogP contribution >= 0.6 is 0 Å². The Kier molecular flexibility index (Phi) is 6.93.